The predicted octanol–water partition coefficient (Wildman–Crippen LogP) is 11.3. The van der Waals surface area contributed by atoms with Crippen LogP contribution >= 0.6 is 11.6 Å². The van der Waals surface area contributed by atoms with E-state index in [1.54, 1.807) is 0 Å². The Hall–Kier alpha value is -3.93. The minimum absolute atomic E-state index is 0.0906. The van der Waals surface area contributed by atoms with Crippen molar-refractivity contribution in [3.05, 3.63) is 165 Å². The van der Waals surface area contributed by atoms with Gasteiger partial charge in [-0.3, -0.25) is 0 Å². The summed E-state index contributed by atoms with van der Waals surface area (Å²) in [6.45, 7) is 19.4. The maximum Gasteiger partial charge on any atom is 0.119 e. The molecular formula is C46H61ClN2O2. The Morgan fingerprint density at radius 2 is 1.61 bits per heavy atom. The summed E-state index contributed by atoms with van der Waals surface area (Å²) in [5, 5.41) is 0.690. The third kappa shape index (κ3) is 15.5. The van der Waals surface area contributed by atoms with E-state index in [0.717, 1.165) is 42.6 Å². The Kier molecular flexibility index (Phi) is 19.9. The van der Waals surface area contributed by atoms with Gasteiger partial charge in [0.05, 0.1) is 6.10 Å². The highest BCUT2D eigenvalue weighted by Crippen LogP contribution is 2.30. The molecule has 0 aliphatic heterocycles. The van der Waals surface area contributed by atoms with Crippen LogP contribution in [0.4, 0.5) is 0 Å². The van der Waals surface area contributed by atoms with Gasteiger partial charge in [0.15, 0.2) is 0 Å². The second-order valence-electron chi connectivity index (χ2n) is 13.0. The molecule has 0 bridgehead atoms. The molecule has 0 aliphatic rings. The van der Waals surface area contributed by atoms with Crippen LogP contribution < -0.4 is 16.2 Å². The molecule has 0 fully saturated rings. The lowest BCUT2D eigenvalue weighted by Gasteiger charge is -2.33. The van der Waals surface area contributed by atoms with Crippen LogP contribution in [0, 0.1) is 20.8 Å². The summed E-state index contributed by atoms with van der Waals surface area (Å²) in [4.78, 5) is 0. The van der Waals surface area contributed by atoms with Crippen LogP contribution in [0.1, 0.15) is 85.0 Å². The van der Waals surface area contributed by atoms with Gasteiger partial charge in [0.1, 0.15) is 18.0 Å². The maximum absolute atomic E-state index is 6.43. The number of allylic oxidation sites excluding steroid dienone is 4. The van der Waals surface area contributed by atoms with Gasteiger partial charge in [-0.2, -0.15) is 0 Å². The lowest BCUT2D eigenvalue weighted by atomic mass is 9.94. The molecule has 4 nitrogen and oxygen atoms in total. The third-order valence-corrected chi connectivity index (χ3v) is 8.78. The van der Waals surface area contributed by atoms with Gasteiger partial charge in [-0.15, -0.1) is 6.58 Å². The molecule has 0 radical (unpaired) electrons. The minimum atomic E-state index is -0.627. The average Bonchev–Trinajstić information content (AvgIpc) is 3.12. The lowest BCUT2D eigenvalue weighted by Crippen LogP contribution is -2.40. The molecule has 51 heavy (non-hydrogen) atoms. The van der Waals surface area contributed by atoms with Gasteiger partial charge >= 0.3 is 0 Å². The van der Waals surface area contributed by atoms with Crippen LogP contribution in [0.3, 0.4) is 0 Å². The highest BCUT2D eigenvalue weighted by atomic mass is 35.5. The summed E-state index contributed by atoms with van der Waals surface area (Å²) < 4.78 is 12.5. The fraction of sp³-hybridized carbons (Fsp3) is 0.348. The summed E-state index contributed by atoms with van der Waals surface area (Å²) in [6, 6.07) is 29.4. The van der Waals surface area contributed by atoms with Gasteiger partial charge in [0.25, 0.3) is 0 Å². The number of hydrogen-bond acceptors (Lipinski definition) is 4. The van der Waals surface area contributed by atoms with E-state index in [9.17, 15) is 0 Å². The number of benzene rings is 4. The van der Waals surface area contributed by atoms with Gasteiger partial charge in [-0.05, 0) is 143 Å². The molecule has 2 atom stereocenters. The van der Waals surface area contributed by atoms with E-state index in [0.29, 0.717) is 24.7 Å². The molecule has 5 heteroatoms. The lowest BCUT2D eigenvalue weighted by molar-refractivity contribution is -0.0972. The van der Waals surface area contributed by atoms with Crippen LogP contribution in [0.5, 0.6) is 5.75 Å². The molecule has 0 aliphatic carbocycles. The van der Waals surface area contributed by atoms with Crippen LogP contribution in [-0.4, -0.2) is 25.8 Å². The maximum atomic E-state index is 6.43. The van der Waals surface area contributed by atoms with Crippen molar-refractivity contribution in [1.82, 2.24) is 0 Å². The molecule has 0 amide bonds. The fourth-order valence-corrected chi connectivity index (χ4v) is 5.80. The Balaban J connectivity index is 0.000000330. The number of aryl methyl sites for hydroxylation is 3. The first-order valence-corrected chi connectivity index (χ1v) is 18.5. The zero-order valence-electron chi connectivity index (χ0n) is 32.1. The van der Waals surface area contributed by atoms with Crippen LogP contribution in [0.2, 0.25) is 5.02 Å². The Morgan fingerprint density at radius 1 is 0.863 bits per heavy atom. The van der Waals surface area contributed by atoms with Crippen molar-refractivity contribution in [2.45, 2.75) is 85.9 Å². The van der Waals surface area contributed by atoms with Crippen molar-refractivity contribution in [3.63, 3.8) is 0 Å². The topological polar surface area (TPSA) is 70.5 Å². The smallest absolute Gasteiger partial charge is 0.119 e. The van der Waals surface area contributed by atoms with Crippen molar-refractivity contribution >= 4 is 17.7 Å². The summed E-state index contributed by atoms with van der Waals surface area (Å²) >= 11 is 6.25. The Bertz CT molecular complexity index is 1640. The molecule has 4 rings (SSSR count). The molecule has 274 valence electrons. The van der Waals surface area contributed by atoms with Gasteiger partial charge in [0, 0.05) is 11.6 Å². The van der Waals surface area contributed by atoms with E-state index in [1.165, 1.54) is 33.4 Å². The molecule has 0 aromatic heterocycles. The van der Waals surface area contributed by atoms with Gasteiger partial charge in [-0.1, -0.05) is 110 Å². The molecule has 0 heterocycles. The van der Waals surface area contributed by atoms with E-state index in [-0.39, 0.29) is 6.10 Å². The normalized spacial score (nSPS) is 12.7. The molecular weight excluding hydrogens is 648 g/mol. The van der Waals surface area contributed by atoms with Crippen molar-refractivity contribution in [1.29, 1.82) is 0 Å². The van der Waals surface area contributed by atoms with Crippen molar-refractivity contribution < 1.29 is 9.47 Å². The fourth-order valence-electron chi connectivity index (χ4n) is 5.51. The minimum Gasteiger partial charge on any atom is -0.491 e. The van der Waals surface area contributed by atoms with Crippen LogP contribution in [0.15, 0.2) is 116 Å². The third-order valence-electron chi connectivity index (χ3n) is 8.56. The monoisotopic (exact) mass is 708 g/mol. The molecule has 0 saturated carbocycles. The zero-order valence-corrected chi connectivity index (χ0v) is 32.8. The van der Waals surface area contributed by atoms with Crippen molar-refractivity contribution in [2.75, 3.05) is 19.7 Å². The average molecular weight is 709 g/mol. The second kappa shape index (κ2) is 23.5. The summed E-state index contributed by atoms with van der Waals surface area (Å²) in [5.41, 5.74) is 21.1. The van der Waals surface area contributed by atoms with E-state index in [2.05, 4.69) is 119 Å². The van der Waals surface area contributed by atoms with Crippen molar-refractivity contribution in [2.24, 2.45) is 11.5 Å². The molecule has 4 aromatic rings. The van der Waals surface area contributed by atoms with E-state index in [4.69, 9.17) is 32.5 Å². The first-order valence-electron chi connectivity index (χ1n) is 18.1. The van der Waals surface area contributed by atoms with Gasteiger partial charge < -0.3 is 20.9 Å². The van der Waals surface area contributed by atoms with Crippen molar-refractivity contribution in [3.8, 4) is 5.75 Å². The SMILES string of the molecule is C/C=C/c1ccc(Cc2ccccc2)cc1C.C=CC/C=C\C.CCC(COc1ccc(C)c(CCN)c1)O[C@@](C)(CN)c1cc(C)cc(Cl)c1. The highest BCUT2D eigenvalue weighted by molar-refractivity contribution is 6.30. The molecule has 1 unspecified atom stereocenters. The first-order chi connectivity index (χ1) is 24.5. The quantitative estimate of drug-likeness (QED) is 0.121. The summed E-state index contributed by atoms with van der Waals surface area (Å²) in [6.07, 6.45) is 13.8. The summed E-state index contributed by atoms with van der Waals surface area (Å²) in [5.74, 6) is 0.837. The summed E-state index contributed by atoms with van der Waals surface area (Å²) in [7, 11) is 0. The van der Waals surface area contributed by atoms with E-state index < -0.39 is 5.60 Å². The largest absolute Gasteiger partial charge is 0.491 e. The van der Waals surface area contributed by atoms with Crippen LogP contribution in [0.25, 0.3) is 6.08 Å². The number of nitrogens with two attached hydrogens (primary N) is 2. The van der Waals surface area contributed by atoms with Crippen LogP contribution in [-0.2, 0) is 23.2 Å². The second-order valence-corrected chi connectivity index (χ2v) is 13.4. The standard InChI is InChI=1S/C23H33ClN2O2.C17H18.C6H10/c1-5-21(14-27-22-7-6-17(3)18(12-22)8-9-25)28-23(4,15-26)19-10-16(2)11-20(24)13-19;1-3-7-17-11-10-16(12-14(17)2)13-15-8-5-4-6-9-15;1-3-5-6-4-2/h6-7,10-13,21H,5,8-9,14-15,25-26H2,1-4H3;3-12H,13H2,1-2H3;3-4,6H,1,5H2,2H3/b;7-3+;6-4-/t21?,23-;;/m0../s1. The predicted molar refractivity (Wildman–Crippen MR) is 222 cm³/mol. The zero-order chi connectivity index (χ0) is 37.6. The Morgan fingerprint density at radius 3 is 2.18 bits per heavy atom. The molecule has 0 spiro atoms. The number of ether oxygens (including phenoxy) is 2. The van der Waals surface area contributed by atoms with Gasteiger partial charge in [0.2, 0.25) is 0 Å². The first kappa shape index (κ1) is 43.2. The van der Waals surface area contributed by atoms with E-state index in [1.807, 2.05) is 51.1 Å². The number of hydrogen-bond donors (Lipinski definition) is 2. The number of rotatable bonds is 15. The highest BCUT2D eigenvalue weighted by Gasteiger charge is 2.30. The molecule has 4 N–H and O–H groups in total. The van der Waals surface area contributed by atoms with Gasteiger partial charge in [-0.25, -0.2) is 0 Å². The molecule has 0 saturated heterocycles. The Labute approximate surface area is 314 Å². The number of halogens is 1. The molecule has 4 aromatic carbocycles. The van der Waals surface area contributed by atoms with E-state index >= 15 is 0 Å².